The number of likely N-dealkylation sites (N-methyl/N-ethyl adjacent to an activating group) is 1. The lowest BCUT2D eigenvalue weighted by atomic mass is 10.3. The van der Waals surface area contributed by atoms with Gasteiger partial charge in [-0.2, -0.15) is 0 Å². The molecule has 1 aromatic carbocycles. The minimum Gasteiger partial charge on any atom is -0.497 e. The number of hydrogen-bond acceptors (Lipinski definition) is 4. The predicted octanol–water partition coefficient (Wildman–Crippen LogP) is 2.27. The van der Waals surface area contributed by atoms with Gasteiger partial charge in [-0.15, -0.1) is 0 Å². The van der Waals surface area contributed by atoms with Crippen LogP contribution in [-0.2, 0) is 0 Å². The Morgan fingerprint density at radius 3 is 2.48 bits per heavy atom. The zero-order valence-electron chi connectivity index (χ0n) is 13.1. The second-order valence-electron chi connectivity index (χ2n) is 5.20. The van der Waals surface area contributed by atoms with E-state index in [1.165, 1.54) is 13.1 Å². The van der Waals surface area contributed by atoms with Crippen LogP contribution in [0.15, 0.2) is 36.4 Å². The normalized spacial score (nSPS) is 17.2. The second-order valence-corrected chi connectivity index (χ2v) is 5.20. The number of piperazine rings is 1. The van der Waals surface area contributed by atoms with E-state index in [0.717, 1.165) is 37.7 Å². The molecule has 0 N–H and O–H groups in total. The average Bonchev–Trinajstić information content (AvgIpc) is 2.55. The second kappa shape index (κ2) is 8.70. The van der Waals surface area contributed by atoms with Crippen LogP contribution in [0.1, 0.15) is 6.92 Å². The van der Waals surface area contributed by atoms with Gasteiger partial charge in [0.2, 0.25) is 0 Å². The van der Waals surface area contributed by atoms with Crippen LogP contribution in [0.4, 0.5) is 0 Å². The number of nitrogens with zero attached hydrogens (tertiary/aromatic N) is 2. The lowest BCUT2D eigenvalue weighted by Crippen LogP contribution is -2.46. The van der Waals surface area contributed by atoms with E-state index in [0.29, 0.717) is 6.61 Å². The van der Waals surface area contributed by atoms with E-state index >= 15 is 0 Å². The summed E-state index contributed by atoms with van der Waals surface area (Å²) >= 11 is 0. The summed E-state index contributed by atoms with van der Waals surface area (Å²) in [6.07, 6.45) is 4.29. The van der Waals surface area contributed by atoms with Crippen molar-refractivity contribution in [2.45, 2.75) is 6.92 Å². The summed E-state index contributed by atoms with van der Waals surface area (Å²) in [5.41, 5.74) is 0. The number of ether oxygens (including phenoxy) is 2. The van der Waals surface area contributed by atoms with Crippen molar-refractivity contribution in [2.24, 2.45) is 0 Å². The Balaban J connectivity index is 1.64. The van der Waals surface area contributed by atoms with Crippen molar-refractivity contribution in [3.05, 3.63) is 36.4 Å². The summed E-state index contributed by atoms with van der Waals surface area (Å²) in [6.45, 7) is 9.70. The molecule has 1 fully saturated rings. The number of benzene rings is 1. The van der Waals surface area contributed by atoms with Crippen LogP contribution in [0, 0.1) is 0 Å². The first-order valence-corrected chi connectivity index (χ1v) is 7.68. The Morgan fingerprint density at radius 2 is 1.76 bits per heavy atom. The van der Waals surface area contributed by atoms with E-state index in [1.807, 2.05) is 24.3 Å². The van der Waals surface area contributed by atoms with Crippen LogP contribution in [-0.4, -0.2) is 62.8 Å². The molecule has 0 aromatic heterocycles. The van der Waals surface area contributed by atoms with Crippen LogP contribution in [0.3, 0.4) is 0 Å². The first-order chi connectivity index (χ1) is 10.3. The lowest BCUT2D eigenvalue weighted by molar-refractivity contribution is 0.148. The third-order valence-electron chi connectivity index (χ3n) is 3.83. The Bertz CT molecular complexity index is 440. The van der Waals surface area contributed by atoms with E-state index in [-0.39, 0.29) is 0 Å². The van der Waals surface area contributed by atoms with Gasteiger partial charge in [-0.3, -0.25) is 4.90 Å². The Labute approximate surface area is 127 Å². The van der Waals surface area contributed by atoms with Gasteiger partial charge < -0.3 is 14.4 Å². The fraction of sp³-hybridized carbons (Fsp3) is 0.529. The van der Waals surface area contributed by atoms with E-state index < -0.39 is 0 Å². The zero-order chi connectivity index (χ0) is 14.9. The molecule has 21 heavy (non-hydrogen) atoms. The maximum atomic E-state index is 5.68. The number of methoxy groups -OCH3 is 1. The molecule has 0 unspecified atom stereocenters. The van der Waals surface area contributed by atoms with Crippen molar-refractivity contribution >= 4 is 0 Å². The molecule has 0 saturated carbocycles. The third-order valence-corrected chi connectivity index (χ3v) is 3.83. The first-order valence-electron chi connectivity index (χ1n) is 7.68. The van der Waals surface area contributed by atoms with Gasteiger partial charge in [0.15, 0.2) is 0 Å². The van der Waals surface area contributed by atoms with E-state index in [1.54, 1.807) is 7.11 Å². The van der Waals surface area contributed by atoms with Gasteiger partial charge in [0.25, 0.3) is 0 Å². The molecule has 4 nitrogen and oxygen atoms in total. The van der Waals surface area contributed by atoms with Crippen LogP contribution >= 0.6 is 0 Å². The van der Waals surface area contributed by atoms with Crippen molar-refractivity contribution < 1.29 is 9.47 Å². The Hall–Kier alpha value is -1.52. The zero-order valence-corrected chi connectivity index (χ0v) is 13.1. The molecule has 1 aliphatic rings. The summed E-state index contributed by atoms with van der Waals surface area (Å²) < 4.78 is 10.8. The highest BCUT2D eigenvalue weighted by Gasteiger charge is 2.13. The molecule has 0 spiro atoms. The van der Waals surface area contributed by atoms with Gasteiger partial charge in [-0.05, 0) is 18.7 Å². The van der Waals surface area contributed by atoms with Gasteiger partial charge in [-0.25, -0.2) is 0 Å². The monoisotopic (exact) mass is 290 g/mol. The Kier molecular flexibility index (Phi) is 6.57. The molecule has 1 saturated heterocycles. The van der Waals surface area contributed by atoms with Crippen molar-refractivity contribution in [1.82, 2.24) is 9.80 Å². The SMILES string of the molecule is CCN1CCN(C/C=C/COc2cccc(OC)c2)CC1. The summed E-state index contributed by atoms with van der Waals surface area (Å²) in [5.74, 6) is 1.67. The molecule has 0 atom stereocenters. The fourth-order valence-electron chi connectivity index (χ4n) is 2.42. The molecule has 1 aliphatic heterocycles. The largest absolute Gasteiger partial charge is 0.497 e. The smallest absolute Gasteiger partial charge is 0.123 e. The summed E-state index contributed by atoms with van der Waals surface area (Å²) in [4.78, 5) is 4.97. The fourth-order valence-corrected chi connectivity index (χ4v) is 2.42. The maximum absolute atomic E-state index is 5.68. The molecule has 116 valence electrons. The van der Waals surface area contributed by atoms with Gasteiger partial charge in [0, 0.05) is 38.8 Å². The highest BCUT2D eigenvalue weighted by molar-refractivity contribution is 5.32. The van der Waals surface area contributed by atoms with E-state index in [4.69, 9.17) is 9.47 Å². The summed E-state index contributed by atoms with van der Waals surface area (Å²) in [6, 6.07) is 7.70. The minimum atomic E-state index is 0.599. The molecule has 2 rings (SSSR count). The summed E-state index contributed by atoms with van der Waals surface area (Å²) in [5, 5.41) is 0. The highest BCUT2D eigenvalue weighted by atomic mass is 16.5. The van der Waals surface area contributed by atoms with Crippen LogP contribution in [0.25, 0.3) is 0 Å². The van der Waals surface area contributed by atoms with Crippen LogP contribution in [0.2, 0.25) is 0 Å². The predicted molar refractivity (Wildman–Crippen MR) is 86.2 cm³/mol. The van der Waals surface area contributed by atoms with Crippen molar-refractivity contribution in [1.29, 1.82) is 0 Å². The molecule has 0 aliphatic carbocycles. The highest BCUT2D eigenvalue weighted by Crippen LogP contribution is 2.18. The number of rotatable bonds is 7. The molecule has 1 heterocycles. The molecular weight excluding hydrogens is 264 g/mol. The maximum Gasteiger partial charge on any atom is 0.123 e. The lowest BCUT2D eigenvalue weighted by Gasteiger charge is -2.33. The van der Waals surface area contributed by atoms with Crippen LogP contribution in [0.5, 0.6) is 11.5 Å². The van der Waals surface area contributed by atoms with Gasteiger partial charge in [0.05, 0.1) is 7.11 Å². The quantitative estimate of drug-likeness (QED) is 0.719. The molecule has 0 radical (unpaired) electrons. The minimum absolute atomic E-state index is 0.599. The molecule has 1 aromatic rings. The van der Waals surface area contributed by atoms with E-state index in [2.05, 4.69) is 28.9 Å². The topological polar surface area (TPSA) is 24.9 Å². The van der Waals surface area contributed by atoms with Gasteiger partial charge in [-0.1, -0.05) is 25.1 Å². The third kappa shape index (κ3) is 5.40. The van der Waals surface area contributed by atoms with Gasteiger partial charge >= 0.3 is 0 Å². The molecule has 0 amide bonds. The van der Waals surface area contributed by atoms with E-state index in [9.17, 15) is 0 Å². The standard InChI is InChI=1S/C17H26N2O2/c1-3-18-10-12-19(13-11-18)9-4-5-14-21-17-8-6-7-16(15-17)20-2/h4-8,15H,3,9-14H2,1-2H3/b5-4+. The van der Waals surface area contributed by atoms with Gasteiger partial charge in [0.1, 0.15) is 18.1 Å². The van der Waals surface area contributed by atoms with Crippen LogP contribution < -0.4 is 9.47 Å². The van der Waals surface area contributed by atoms with Crippen molar-refractivity contribution in [3.63, 3.8) is 0 Å². The van der Waals surface area contributed by atoms with Crippen molar-refractivity contribution in [2.75, 3.05) is 53.0 Å². The molecule has 0 bridgehead atoms. The average molecular weight is 290 g/mol. The Morgan fingerprint density at radius 1 is 1.05 bits per heavy atom. The van der Waals surface area contributed by atoms with Crippen molar-refractivity contribution in [3.8, 4) is 11.5 Å². The summed E-state index contributed by atoms with van der Waals surface area (Å²) in [7, 11) is 1.66. The molecular formula is C17H26N2O2. The molecule has 4 heteroatoms. The number of hydrogen-bond donors (Lipinski definition) is 0. The first kappa shape index (κ1) is 15.9.